The van der Waals surface area contributed by atoms with Gasteiger partial charge in [-0.25, -0.2) is 4.98 Å². The van der Waals surface area contributed by atoms with Gasteiger partial charge in [0.1, 0.15) is 5.82 Å². The van der Waals surface area contributed by atoms with Gasteiger partial charge in [0.25, 0.3) is 0 Å². The molecule has 0 amide bonds. The Morgan fingerprint density at radius 2 is 1.76 bits per heavy atom. The van der Waals surface area contributed by atoms with Crippen molar-refractivity contribution in [1.82, 2.24) is 9.55 Å². The van der Waals surface area contributed by atoms with Crippen LogP contribution in [-0.2, 0) is 7.05 Å². The van der Waals surface area contributed by atoms with Crippen molar-refractivity contribution in [2.45, 2.75) is 0 Å². The molecule has 1 aromatic heterocycles. The lowest BCUT2D eigenvalue weighted by atomic mass is 10.0. The maximum absolute atomic E-state index is 6.10. The Morgan fingerprint density at radius 1 is 0.952 bits per heavy atom. The van der Waals surface area contributed by atoms with Crippen molar-refractivity contribution in [2.24, 2.45) is 7.05 Å². The number of nitrogens with zero attached hydrogens (tertiary/aromatic N) is 2. The van der Waals surface area contributed by atoms with Gasteiger partial charge >= 0.3 is 0 Å². The largest absolute Gasteiger partial charge is 0.327 e. The summed E-state index contributed by atoms with van der Waals surface area (Å²) in [6.07, 6.45) is 0. The molecule has 0 atom stereocenters. The SMILES string of the molecule is Cn1c(-c2cccc3ccccc23)nc2ccc(Cl)cc21. The summed E-state index contributed by atoms with van der Waals surface area (Å²) in [6, 6.07) is 20.5. The Labute approximate surface area is 127 Å². The predicted octanol–water partition coefficient (Wildman–Crippen LogP) is 5.05. The van der Waals surface area contributed by atoms with Crippen LogP contribution in [0.4, 0.5) is 0 Å². The lowest BCUT2D eigenvalue weighted by molar-refractivity contribution is 0.961. The van der Waals surface area contributed by atoms with E-state index in [-0.39, 0.29) is 0 Å². The molecule has 0 radical (unpaired) electrons. The molecule has 0 aliphatic rings. The summed E-state index contributed by atoms with van der Waals surface area (Å²) in [5.41, 5.74) is 3.15. The Bertz CT molecular complexity index is 964. The van der Waals surface area contributed by atoms with Crippen LogP contribution in [0.15, 0.2) is 60.7 Å². The summed E-state index contributed by atoms with van der Waals surface area (Å²) >= 11 is 6.10. The Hall–Kier alpha value is -2.32. The molecular formula is C18H13ClN2. The Morgan fingerprint density at radius 3 is 2.67 bits per heavy atom. The normalized spacial score (nSPS) is 11.3. The molecule has 2 nitrogen and oxygen atoms in total. The molecule has 0 unspecified atom stereocenters. The molecule has 3 aromatic carbocycles. The highest BCUT2D eigenvalue weighted by molar-refractivity contribution is 6.31. The number of halogens is 1. The third kappa shape index (κ3) is 1.91. The van der Waals surface area contributed by atoms with Gasteiger partial charge in [0.15, 0.2) is 0 Å². The van der Waals surface area contributed by atoms with Crippen molar-refractivity contribution in [3.8, 4) is 11.4 Å². The van der Waals surface area contributed by atoms with Crippen LogP contribution >= 0.6 is 11.6 Å². The van der Waals surface area contributed by atoms with Crippen molar-refractivity contribution in [3.05, 3.63) is 65.7 Å². The Balaban J connectivity index is 2.07. The van der Waals surface area contributed by atoms with E-state index in [9.17, 15) is 0 Å². The second-order valence-electron chi connectivity index (χ2n) is 5.15. The zero-order chi connectivity index (χ0) is 14.4. The molecule has 0 bridgehead atoms. The van der Waals surface area contributed by atoms with Gasteiger partial charge in [0.2, 0.25) is 0 Å². The second-order valence-corrected chi connectivity index (χ2v) is 5.59. The summed E-state index contributed by atoms with van der Waals surface area (Å²) in [5.74, 6) is 0.962. The van der Waals surface area contributed by atoms with E-state index in [1.54, 1.807) is 0 Å². The lowest BCUT2D eigenvalue weighted by Crippen LogP contribution is -1.93. The van der Waals surface area contributed by atoms with Crippen molar-refractivity contribution in [3.63, 3.8) is 0 Å². The fourth-order valence-electron chi connectivity index (χ4n) is 2.82. The van der Waals surface area contributed by atoms with Crippen LogP contribution in [0.3, 0.4) is 0 Å². The molecule has 0 N–H and O–H groups in total. The van der Waals surface area contributed by atoms with Crippen molar-refractivity contribution >= 4 is 33.4 Å². The van der Waals surface area contributed by atoms with Crippen LogP contribution in [0, 0.1) is 0 Å². The molecule has 0 saturated carbocycles. The monoisotopic (exact) mass is 292 g/mol. The quantitative estimate of drug-likeness (QED) is 0.480. The zero-order valence-electron chi connectivity index (χ0n) is 11.5. The number of benzene rings is 3. The first-order chi connectivity index (χ1) is 10.2. The number of aromatic nitrogens is 2. The average Bonchev–Trinajstić information content (AvgIpc) is 2.83. The summed E-state index contributed by atoms with van der Waals surface area (Å²) in [5, 5.41) is 3.17. The van der Waals surface area contributed by atoms with E-state index >= 15 is 0 Å². The van der Waals surface area contributed by atoms with Gasteiger partial charge in [-0.3, -0.25) is 0 Å². The molecule has 0 aliphatic carbocycles. The topological polar surface area (TPSA) is 17.8 Å². The van der Waals surface area contributed by atoms with Crippen LogP contribution < -0.4 is 0 Å². The van der Waals surface area contributed by atoms with E-state index in [2.05, 4.69) is 47.0 Å². The number of aryl methyl sites for hydroxylation is 1. The molecule has 1 heterocycles. The van der Waals surface area contributed by atoms with Crippen LogP contribution in [0.25, 0.3) is 33.2 Å². The number of rotatable bonds is 1. The smallest absolute Gasteiger partial charge is 0.141 e. The first kappa shape index (κ1) is 12.4. The van der Waals surface area contributed by atoms with E-state index in [0.29, 0.717) is 0 Å². The molecule has 4 rings (SSSR count). The van der Waals surface area contributed by atoms with Crippen LogP contribution in [0.5, 0.6) is 0 Å². The minimum atomic E-state index is 0.731. The highest BCUT2D eigenvalue weighted by Gasteiger charge is 2.12. The molecule has 0 fully saturated rings. The molecule has 21 heavy (non-hydrogen) atoms. The average molecular weight is 293 g/mol. The van der Waals surface area contributed by atoms with Crippen molar-refractivity contribution in [1.29, 1.82) is 0 Å². The van der Waals surface area contributed by atoms with Crippen LogP contribution in [-0.4, -0.2) is 9.55 Å². The number of imidazole rings is 1. The number of fused-ring (bicyclic) bond motifs is 2. The summed E-state index contributed by atoms with van der Waals surface area (Å²) in [4.78, 5) is 4.78. The van der Waals surface area contributed by atoms with Gasteiger partial charge in [-0.2, -0.15) is 0 Å². The van der Waals surface area contributed by atoms with E-state index in [0.717, 1.165) is 27.4 Å². The van der Waals surface area contributed by atoms with Gasteiger partial charge in [0, 0.05) is 17.6 Å². The molecule has 4 aromatic rings. The highest BCUT2D eigenvalue weighted by Crippen LogP contribution is 2.30. The summed E-state index contributed by atoms with van der Waals surface area (Å²) in [6.45, 7) is 0. The third-order valence-electron chi connectivity index (χ3n) is 3.87. The van der Waals surface area contributed by atoms with E-state index in [1.807, 2.05) is 25.2 Å². The standard InChI is InChI=1S/C18H13ClN2/c1-21-17-11-13(19)9-10-16(17)20-18(21)15-8-4-6-12-5-2-3-7-14(12)15/h2-11H,1H3. The molecule has 0 spiro atoms. The third-order valence-corrected chi connectivity index (χ3v) is 4.11. The van der Waals surface area contributed by atoms with E-state index < -0.39 is 0 Å². The number of hydrogen-bond donors (Lipinski definition) is 0. The summed E-state index contributed by atoms with van der Waals surface area (Å²) in [7, 11) is 2.03. The second kappa shape index (κ2) is 4.61. The van der Waals surface area contributed by atoms with Gasteiger partial charge in [-0.05, 0) is 29.0 Å². The molecule has 0 aliphatic heterocycles. The van der Waals surface area contributed by atoms with Crippen LogP contribution in [0.1, 0.15) is 0 Å². The Kier molecular flexibility index (Phi) is 2.72. The molecular weight excluding hydrogens is 280 g/mol. The van der Waals surface area contributed by atoms with E-state index in [1.165, 1.54) is 10.8 Å². The lowest BCUT2D eigenvalue weighted by Gasteiger charge is -2.06. The minimum Gasteiger partial charge on any atom is -0.327 e. The highest BCUT2D eigenvalue weighted by atomic mass is 35.5. The fourth-order valence-corrected chi connectivity index (χ4v) is 2.99. The molecule has 102 valence electrons. The molecule has 0 saturated heterocycles. The summed E-state index contributed by atoms with van der Waals surface area (Å²) < 4.78 is 2.10. The number of hydrogen-bond acceptors (Lipinski definition) is 1. The van der Waals surface area contributed by atoms with Gasteiger partial charge in [0.05, 0.1) is 11.0 Å². The van der Waals surface area contributed by atoms with Gasteiger partial charge in [-0.15, -0.1) is 0 Å². The van der Waals surface area contributed by atoms with Crippen LogP contribution in [0.2, 0.25) is 5.02 Å². The first-order valence-electron chi connectivity index (χ1n) is 6.84. The van der Waals surface area contributed by atoms with E-state index in [4.69, 9.17) is 16.6 Å². The fraction of sp³-hybridized carbons (Fsp3) is 0.0556. The maximum Gasteiger partial charge on any atom is 0.141 e. The van der Waals surface area contributed by atoms with Gasteiger partial charge in [-0.1, -0.05) is 54.1 Å². The maximum atomic E-state index is 6.10. The predicted molar refractivity (Wildman–Crippen MR) is 88.7 cm³/mol. The zero-order valence-corrected chi connectivity index (χ0v) is 12.3. The van der Waals surface area contributed by atoms with Crippen molar-refractivity contribution < 1.29 is 0 Å². The van der Waals surface area contributed by atoms with Gasteiger partial charge < -0.3 is 4.57 Å². The minimum absolute atomic E-state index is 0.731. The first-order valence-corrected chi connectivity index (χ1v) is 7.22. The molecule has 3 heteroatoms. The van der Waals surface area contributed by atoms with Crippen molar-refractivity contribution in [2.75, 3.05) is 0 Å².